The molecule has 0 bridgehead atoms. The minimum absolute atomic E-state index is 0.227. The molecule has 1 atom stereocenters. The average molecular weight is 256 g/mol. The van der Waals surface area contributed by atoms with E-state index in [9.17, 15) is 9.90 Å². The van der Waals surface area contributed by atoms with E-state index in [2.05, 4.69) is 0 Å². The summed E-state index contributed by atoms with van der Waals surface area (Å²) in [5.41, 5.74) is 3.12. The number of rotatable bonds is 5. The average Bonchev–Trinajstić information content (AvgIpc) is 2.39. The Kier molecular flexibility index (Phi) is 4.31. The number of benzene rings is 2. The number of hydrogen-bond donors (Lipinski definition) is 2. The first kappa shape index (κ1) is 13.3. The van der Waals surface area contributed by atoms with Crippen LogP contribution >= 0.6 is 0 Å². The van der Waals surface area contributed by atoms with Crippen molar-refractivity contribution in [2.24, 2.45) is 0 Å². The van der Waals surface area contributed by atoms with Crippen LogP contribution in [0.1, 0.15) is 12.0 Å². The Hall–Kier alpha value is -2.13. The van der Waals surface area contributed by atoms with Gasteiger partial charge in [-0.2, -0.15) is 0 Å². The van der Waals surface area contributed by atoms with E-state index in [1.54, 1.807) is 0 Å². The molecule has 0 heterocycles. The van der Waals surface area contributed by atoms with E-state index in [1.165, 1.54) is 0 Å². The van der Waals surface area contributed by atoms with Crippen molar-refractivity contribution in [3.8, 4) is 11.1 Å². The maximum absolute atomic E-state index is 10.5. The van der Waals surface area contributed by atoms with Gasteiger partial charge in [-0.15, -0.1) is 0 Å². The van der Waals surface area contributed by atoms with Gasteiger partial charge in [0.1, 0.15) is 0 Å². The Labute approximate surface area is 112 Å². The molecule has 0 saturated heterocycles. The second-order valence-electron chi connectivity index (χ2n) is 4.52. The summed E-state index contributed by atoms with van der Waals surface area (Å²) < 4.78 is 0. The van der Waals surface area contributed by atoms with E-state index in [4.69, 9.17) is 5.11 Å². The maximum atomic E-state index is 10.5. The van der Waals surface area contributed by atoms with Crippen molar-refractivity contribution in [3.05, 3.63) is 60.2 Å². The molecule has 19 heavy (non-hydrogen) atoms. The van der Waals surface area contributed by atoms with Gasteiger partial charge in [0.25, 0.3) is 0 Å². The van der Waals surface area contributed by atoms with Crippen molar-refractivity contribution in [3.63, 3.8) is 0 Å². The number of aliphatic hydroxyl groups is 1. The predicted octanol–water partition coefficient (Wildman–Crippen LogP) is 2.73. The summed E-state index contributed by atoms with van der Waals surface area (Å²) in [5, 5.41) is 18.3. The Morgan fingerprint density at radius 3 is 2.37 bits per heavy atom. The summed E-state index contributed by atoms with van der Waals surface area (Å²) in [5.74, 6) is -0.980. The number of carboxylic acids is 1. The molecule has 0 spiro atoms. The van der Waals surface area contributed by atoms with Gasteiger partial charge in [-0.25, -0.2) is 0 Å². The van der Waals surface area contributed by atoms with Crippen LogP contribution in [0.25, 0.3) is 11.1 Å². The first-order valence-electron chi connectivity index (χ1n) is 6.19. The molecule has 0 fully saturated rings. The van der Waals surface area contributed by atoms with Gasteiger partial charge in [0.05, 0.1) is 12.5 Å². The van der Waals surface area contributed by atoms with Gasteiger partial charge in [0, 0.05) is 0 Å². The smallest absolute Gasteiger partial charge is 0.305 e. The van der Waals surface area contributed by atoms with Crippen molar-refractivity contribution in [2.75, 3.05) is 0 Å². The van der Waals surface area contributed by atoms with Crippen molar-refractivity contribution >= 4 is 5.97 Å². The lowest BCUT2D eigenvalue weighted by Crippen LogP contribution is -2.15. The van der Waals surface area contributed by atoms with Crippen LogP contribution in [0.15, 0.2) is 54.6 Å². The fraction of sp³-hybridized carbons (Fsp3) is 0.188. The molecule has 2 rings (SSSR count). The number of carboxylic acid groups (broad SMARTS) is 1. The minimum atomic E-state index is -0.980. The minimum Gasteiger partial charge on any atom is -0.481 e. The van der Waals surface area contributed by atoms with E-state index in [0.717, 1.165) is 16.7 Å². The lowest BCUT2D eigenvalue weighted by atomic mass is 9.99. The summed E-state index contributed by atoms with van der Waals surface area (Å²) in [6.07, 6.45) is -0.716. The second kappa shape index (κ2) is 6.16. The largest absolute Gasteiger partial charge is 0.481 e. The van der Waals surface area contributed by atoms with Crippen LogP contribution in [-0.2, 0) is 11.2 Å². The standard InChI is InChI=1S/C16H16O3/c17-15(11-16(18)19)10-12-5-4-8-14(9-12)13-6-2-1-3-7-13/h1-9,15,17H,10-11H2,(H,18,19)/t15-/m1/s1. The van der Waals surface area contributed by atoms with Crippen LogP contribution in [0.4, 0.5) is 0 Å². The molecule has 0 unspecified atom stereocenters. The van der Waals surface area contributed by atoms with Crippen LogP contribution < -0.4 is 0 Å². The summed E-state index contributed by atoms with van der Waals surface area (Å²) in [7, 11) is 0. The quantitative estimate of drug-likeness (QED) is 0.864. The summed E-state index contributed by atoms with van der Waals surface area (Å²) >= 11 is 0. The third-order valence-corrected chi connectivity index (χ3v) is 2.92. The highest BCUT2D eigenvalue weighted by molar-refractivity contribution is 5.67. The lowest BCUT2D eigenvalue weighted by Gasteiger charge is -2.09. The molecule has 0 aliphatic carbocycles. The molecule has 3 nitrogen and oxygen atoms in total. The fourth-order valence-corrected chi connectivity index (χ4v) is 2.05. The van der Waals surface area contributed by atoms with Crippen molar-refractivity contribution < 1.29 is 15.0 Å². The zero-order valence-electron chi connectivity index (χ0n) is 10.5. The summed E-state index contributed by atoms with van der Waals surface area (Å²) in [6.45, 7) is 0. The molecule has 0 radical (unpaired) electrons. The zero-order chi connectivity index (χ0) is 13.7. The number of aliphatic hydroxyl groups excluding tert-OH is 1. The molecule has 0 aromatic heterocycles. The molecule has 0 aliphatic rings. The first-order valence-corrected chi connectivity index (χ1v) is 6.19. The first-order chi connectivity index (χ1) is 9.15. The van der Waals surface area contributed by atoms with Crippen molar-refractivity contribution in [1.82, 2.24) is 0 Å². The maximum Gasteiger partial charge on any atom is 0.305 e. The highest BCUT2D eigenvalue weighted by Crippen LogP contribution is 2.20. The molecular weight excluding hydrogens is 240 g/mol. The number of hydrogen-bond acceptors (Lipinski definition) is 2. The van der Waals surface area contributed by atoms with Gasteiger partial charge in [0.2, 0.25) is 0 Å². The van der Waals surface area contributed by atoms with Gasteiger partial charge in [0.15, 0.2) is 0 Å². The molecule has 2 N–H and O–H groups in total. The molecule has 0 aliphatic heterocycles. The highest BCUT2D eigenvalue weighted by atomic mass is 16.4. The Morgan fingerprint density at radius 2 is 1.68 bits per heavy atom. The normalized spacial score (nSPS) is 12.1. The fourth-order valence-electron chi connectivity index (χ4n) is 2.05. The van der Waals surface area contributed by atoms with Gasteiger partial charge in [-0.3, -0.25) is 4.79 Å². The van der Waals surface area contributed by atoms with Crippen LogP contribution in [0.5, 0.6) is 0 Å². The second-order valence-corrected chi connectivity index (χ2v) is 4.52. The molecule has 0 saturated carbocycles. The molecular formula is C16H16O3. The SMILES string of the molecule is O=C(O)C[C@H](O)Cc1cccc(-c2ccccc2)c1. The van der Waals surface area contributed by atoms with E-state index in [0.29, 0.717) is 6.42 Å². The van der Waals surface area contributed by atoms with Gasteiger partial charge < -0.3 is 10.2 Å². The topological polar surface area (TPSA) is 57.5 Å². The monoisotopic (exact) mass is 256 g/mol. The van der Waals surface area contributed by atoms with Gasteiger partial charge in [-0.1, -0.05) is 54.6 Å². The molecule has 0 amide bonds. The van der Waals surface area contributed by atoms with Crippen LogP contribution in [0, 0.1) is 0 Å². The van der Waals surface area contributed by atoms with E-state index >= 15 is 0 Å². The van der Waals surface area contributed by atoms with Crippen molar-refractivity contribution in [1.29, 1.82) is 0 Å². The van der Waals surface area contributed by atoms with Crippen LogP contribution in [-0.4, -0.2) is 22.3 Å². The number of aliphatic carboxylic acids is 1. The predicted molar refractivity (Wildman–Crippen MR) is 73.8 cm³/mol. The van der Waals surface area contributed by atoms with Crippen molar-refractivity contribution in [2.45, 2.75) is 18.9 Å². The van der Waals surface area contributed by atoms with E-state index in [1.807, 2.05) is 54.6 Å². The Bertz CT molecular complexity index is 549. The molecule has 2 aromatic carbocycles. The van der Waals surface area contributed by atoms with E-state index < -0.39 is 12.1 Å². The summed E-state index contributed by atoms with van der Waals surface area (Å²) in [4.78, 5) is 10.5. The molecule has 2 aromatic rings. The highest BCUT2D eigenvalue weighted by Gasteiger charge is 2.10. The zero-order valence-corrected chi connectivity index (χ0v) is 10.5. The van der Waals surface area contributed by atoms with Crippen LogP contribution in [0.2, 0.25) is 0 Å². The van der Waals surface area contributed by atoms with E-state index in [-0.39, 0.29) is 6.42 Å². The third kappa shape index (κ3) is 3.93. The third-order valence-electron chi connectivity index (χ3n) is 2.92. The Morgan fingerprint density at radius 1 is 1.00 bits per heavy atom. The van der Waals surface area contributed by atoms with Gasteiger partial charge >= 0.3 is 5.97 Å². The summed E-state index contributed by atoms with van der Waals surface area (Å²) in [6, 6.07) is 17.8. The molecule has 3 heteroatoms. The Balaban J connectivity index is 2.14. The van der Waals surface area contributed by atoms with Crippen LogP contribution in [0.3, 0.4) is 0 Å². The lowest BCUT2D eigenvalue weighted by molar-refractivity contribution is -0.139. The number of carbonyl (C=O) groups is 1. The van der Waals surface area contributed by atoms with Gasteiger partial charge in [-0.05, 0) is 23.1 Å². The molecule has 98 valence electrons.